The van der Waals surface area contributed by atoms with Crippen molar-refractivity contribution < 1.29 is 9.53 Å². The molecule has 1 atom stereocenters. The number of hydrogen-bond donors (Lipinski definition) is 2. The molecule has 1 aromatic heterocycles. The first-order valence-corrected chi connectivity index (χ1v) is 7.39. The molecule has 0 bridgehead atoms. The SMILES string of the molecule is CC(C)[C@@H](N)C(=O)NCc1ccc(N2CCOCC2)nc1.Cl. The molecule has 0 saturated carbocycles. The molecule has 6 nitrogen and oxygen atoms in total. The Hall–Kier alpha value is -1.37. The minimum Gasteiger partial charge on any atom is -0.378 e. The van der Waals surface area contributed by atoms with E-state index in [-0.39, 0.29) is 24.2 Å². The van der Waals surface area contributed by atoms with Crippen molar-refractivity contribution in [1.29, 1.82) is 0 Å². The largest absolute Gasteiger partial charge is 0.378 e. The lowest BCUT2D eigenvalue weighted by Crippen LogP contribution is -2.43. The average Bonchev–Trinajstić information content (AvgIpc) is 2.53. The van der Waals surface area contributed by atoms with Crippen molar-refractivity contribution in [3.8, 4) is 0 Å². The van der Waals surface area contributed by atoms with Gasteiger partial charge in [-0.15, -0.1) is 12.4 Å². The number of nitrogens with zero attached hydrogens (tertiary/aromatic N) is 2. The van der Waals surface area contributed by atoms with Gasteiger partial charge in [0, 0.05) is 25.8 Å². The van der Waals surface area contributed by atoms with Gasteiger partial charge in [-0.25, -0.2) is 4.98 Å². The number of carbonyl (C=O) groups excluding carboxylic acids is 1. The molecule has 22 heavy (non-hydrogen) atoms. The number of nitrogens with one attached hydrogen (secondary N) is 1. The molecule has 1 saturated heterocycles. The van der Waals surface area contributed by atoms with Gasteiger partial charge in [0.25, 0.3) is 0 Å². The van der Waals surface area contributed by atoms with Crippen molar-refractivity contribution in [2.45, 2.75) is 26.4 Å². The van der Waals surface area contributed by atoms with Gasteiger partial charge >= 0.3 is 0 Å². The maximum Gasteiger partial charge on any atom is 0.237 e. The first kappa shape index (κ1) is 18.7. The number of aromatic nitrogens is 1. The van der Waals surface area contributed by atoms with E-state index < -0.39 is 6.04 Å². The molecule has 2 rings (SSSR count). The summed E-state index contributed by atoms with van der Waals surface area (Å²) in [6.45, 7) is 7.54. The summed E-state index contributed by atoms with van der Waals surface area (Å²) in [5.74, 6) is 0.960. The zero-order valence-electron chi connectivity index (χ0n) is 13.1. The summed E-state index contributed by atoms with van der Waals surface area (Å²) in [7, 11) is 0. The van der Waals surface area contributed by atoms with Gasteiger partial charge in [-0.1, -0.05) is 19.9 Å². The van der Waals surface area contributed by atoms with Crippen LogP contribution in [0.4, 0.5) is 5.82 Å². The number of hydrogen-bond acceptors (Lipinski definition) is 5. The normalized spacial score (nSPS) is 16.1. The monoisotopic (exact) mass is 328 g/mol. The minimum absolute atomic E-state index is 0. The Labute approximate surface area is 137 Å². The van der Waals surface area contributed by atoms with Gasteiger partial charge in [-0.05, 0) is 17.5 Å². The highest BCUT2D eigenvalue weighted by Crippen LogP contribution is 2.13. The Bertz CT molecular complexity index is 461. The van der Waals surface area contributed by atoms with Crippen LogP contribution in [0.25, 0.3) is 0 Å². The van der Waals surface area contributed by atoms with Gasteiger partial charge < -0.3 is 20.7 Å². The number of halogens is 1. The maximum atomic E-state index is 11.8. The van der Waals surface area contributed by atoms with E-state index in [9.17, 15) is 4.79 Å². The molecule has 124 valence electrons. The van der Waals surface area contributed by atoms with Gasteiger partial charge in [-0.3, -0.25) is 4.79 Å². The summed E-state index contributed by atoms with van der Waals surface area (Å²) in [5, 5.41) is 2.84. The van der Waals surface area contributed by atoms with Crippen LogP contribution in [0.5, 0.6) is 0 Å². The van der Waals surface area contributed by atoms with Crippen molar-refractivity contribution in [2.75, 3.05) is 31.2 Å². The van der Waals surface area contributed by atoms with Crippen LogP contribution in [-0.2, 0) is 16.1 Å². The zero-order valence-corrected chi connectivity index (χ0v) is 13.9. The summed E-state index contributed by atoms with van der Waals surface area (Å²) in [6, 6.07) is 3.50. The number of amides is 1. The fourth-order valence-electron chi connectivity index (χ4n) is 2.11. The van der Waals surface area contributed by atoms with E-state index in [0.29, 0.717) is 6.54 Å². The molecule has 3 N–H and O–H groups in total. The van der Waals surface area contributed by atoms with Crippen LogP contribution in [-0.4, -0.2) is 43.2 Å². The number of anilines is 1. The van der Waals surface area contributed by atoms with Crippen molar-refractivity contribution >= 4 is 24.1 Å². The van der Waals surface area contributed by atoms with Crippen molar-refractivity contribution in [1.82, 2.24) is 10.3 Å². The fourth-order valence-corrected chi connectivity index (χ4v) is 2.11. The van der Waals surface area contributed by atoms with Gasteiger partial charge in [0.05, 0.1) is 19.3 Å². The lowest BCUT2D eigenvalue weighted by Gasteiger charge is -2.27. The molecular weight excluding hydrogens is 304 g/mol. The molecule has 1 aliphatic rings. The van der Waals surface area contributed by atoms with E-state index in [4.69, 9.17) is 10.5 Å². The average molecular weight is 329 g/mol. The summed E-state index contributed by atoms with van der Waals surface area (Å²) >= 11 is 0. The highest BCUT2D eigenvalue weighted by atomic mass is 35.5. The van der Waals surface area contributed by atoms with Crippen LogP contribution in [0.2, 0.25) is 0 Å². The minimum atomic E-state index is -0.467. The Balaban J connectivity index is 0.00000242. The van der Waals surface area contributed by atoms with Gasteiger partial charge in [0.1, 0.15) is 5.82 Å². The zero-order chi connectivity index (χ0) is 15.2. The quantitative estimate of drug-likeness (QED) is 0.841. The summed E-state index contributed by atoms with van der Waals surface area (Å²) in [5.41, 5.74) is 6.77. The van der Waals surface area contributed by atoms with Crippen molar-refractivity contribution in [3.63, 3.8) is 0 Å². The first-order valence-electron chi connectivity index (χ1n) is 7.39. The summed E-state index contributed by atoms with van der Waals surface area (Å²) in [4.78, 5) is 18.4. The molecule has 0 radical (unpaired) electrons. The van der Waals surface area contributed by atoms with Crippen LogP contribution < -0.4 is 16.0 Å². The predicted octanol–water partition coefficient (Wildman–Crippen LogP) is 0.940. The second-order valence-electron chi connectivity index (χ2n) is 5.61. The molecule has 0 unspecified atom stereocenters. The van der Waals surface area contributed by atoms with E-state index in [2.05, 4.69) is 15.2 Å². The van der Waals surface area contributed by atoms with Crippen LogP contribution in [0.15, 0.2) is 18.3 Å². The van der Waals surface area contributed by atoms with E-state index in [1.165, 1.54) is 0 Å². The molecular formula is C15H25ClN4O2. The Morgan fingerprint density at radius 3 is 2.64 bits per heavy atom. The van der Waals surface area contributed by atoms with E-state index in [1.807, 2.05) is 26.0 Å². The standard InChI is InChI=1S/C15H24N4O2.ClH/c1-11(2)14(16)15(20)18-10-12-3-4-13(17-9-12)19-5-7-21-8-6-19;/h3-4,9,11,14H,5-8,10,16H2,1-2H3,(H,18,20);1H/t14-;/m1./s1. The third-order valence-corrected chi connectivity index (χ3v) is 3.63. The molecule has 0 aliphatic carbocycles. The highest BCUT2D eigenvalue weighted by molar-refractivity contribution is 5.85. The lowest BCUT2D eigenvalue weighted by molar-refractivity contribution is -0.123. The molecule has 2 heterocycles. The van der Waals surface area contributed by atoms with Crippen molar-refractivity contribution in [2.24, 2.45) is 11.7 Å². The van der Waals surface area contributed by atoms with E-state index in [1.54, 1.807) is 6.20 Å². The van der Waals surface area contributed by atoms with Gasteiger partial charge in [-0.2, -0.15) is 0 Å². The first-order chi connectivity index (χ1) is 10.1. The van der Waals surface area contributed by atoms with Gasteiger partial charge in [0.15, 0.2) is 0 Å². The maximum absolute atomic E-state index is 11.8. The second-order valence-corrected chi connectivity index (χ2v) is 5.61. The second kappa shape index (κ2) is 8.92. The van der Waals surface area contributed by atoms with Gasteiger partial charge in [0.2, 0.25) is 5.91 Å². The van der Waals surface area contributed by atoms with Crippen LogP contribution >= 0.6 is 12.4 Å². The van der Waals surface area contributed by atoms with Crippen LogP contribution in [0.3, 0.4) is 0 Å². The Morgan fingerprint density at radius 1 is 1.41 bits per heavy atom. The van der Waals surface area contributed by atoms with Crippen LogP contribution in [0.1, 0.15) is 19.4 Å². The molecule has 1 amide bonds. The highest BCUT2D eigenvalue weighted by Gasteiger charge is 2.16. The van der Waals surface area contributed by atoms with Crippen LogP contribution in [0, 0.1) is 5.92 Å². The summed E-state index contributed by atoms with van der Waals surface area (Å²) < 4.78 is 5.32. The molecule has 1 aliphatic heterocycles. The molecule has 7 heteroatoms. The Kier molecular flexibility index (Phi) is 7.58. The molecule has 1 aromatic rings. The van der Waals surface area contributed by atoms with E-state index >= 15 is 0 Å². The third kappa shape index (κ3) is 5.12. The summed E-state index contributed by atoms with van der Waals surface area (Å²) in [6.07, 6.45) is 1.80. The number of carbonyl (C=O) groups is 1. The number of pyridine rings is 1. The smallest absolute Gasteiger partial charge is 0.237 e. The number of nitrogens with two attached hydrogens (primary N) is 1. The number of rotatable bonds is 5. The van der Waals surface area contributed by atoms with E-state index in [0.717, 1.165) is 37.7 Å². The third-order valence-electron chi connectivity index (χ3n) is 3.63. The lowest BCUT2D eigenvalue weighted by atomic mass is 10.1. The molecule has 0 spiro atoms. The Morgan fingerprint density at radius 2 is 2.09 bits per heavy atom. The molecule has 0 aromatic carbocycles. The van der Waals surface area contributed by atoms with Crippen molar-refractivity contribution in [3.05, 3.63) is 23.9 Å². The fraction of sp³-hybridized carbons (Fsp3) is 0.600. The topological polar surface area (TPSA) is 80.5 Å². The number of morpholine rings is 1. The number of ether oxygens (including phenoxy) is 1. The molecule has 1 fully saturated rings. The predicted molar refractivity (Wildman–Crippen MR) is 89.2 cm³/mol.